The Kier molecular flexibility index (Phi) is 5.97. The monoisotopic (exact) mass is 439 g/mol. The van der Waals surface area contributed by atoms with E-state index in [0.717, 1.165) is 16.3 Å². The molecule has 2 aromatic carbocycles. The molecule has 3 aromatic rings. The minimum Gasteiger partial charge on any atom is -0.381 e. The van der Waals surface area contributed by atoms with E-state index < -0.39 is 15.4 Å². The number of benzene rings is 2. The molecule has 8 heteroatoms. The van der Waals surface area contributed by atoms with Crippen molar-refractivity contribution in [2.45, 2.75) is 23.2 Å². The Labute approximate surface area is 180 Å². The first-order valence-electron chi connectivity index (χ1n) is 9.61. The highest BCUT2D eigenvalue weighted by Crippen LogP contribution is 2.38. The number of nitrogens with one attached hydrogen (secondary N) is 1. The van der Waals surface area contributed by atoms with E-state index in [4.69, 9.17) is 15.0 Å². The number of hydrogen-bond acceptors (Lipinski definition) is 6. The SMILES string of the molecule is N#Cc1cccc(S(=O)(=O)NCC2(c3nc(-c4ccccc4)cs3)CCOCC2)c1. The van der Waals surface area contributed by atoms with Crippen LogP contribution in [0.2, 0.25) is 0 Å². The number of rotatable bonds is 6. The van der Waals surface area contributed by atoms with Gasteiger partial charge >= 0.3 is 0 Å². The Morgan fingerprint density at radius 3 is 2.63 bits per heavy atom. The van der Waals surface area contributed by atoms with Crippen molar-refractivity contribution in [3.05, 3.63) is 70.5 Å². The van der Waals surface area contributed by atoms with Gasteiger partial charge in [-0.25, -0.2) is 18.1 Å². The number of thiazole rings is 1. The second-order valence-electron chi connectivity index (χ2n) is 7.26. The highest BCUT2D eigenvalue weighted by Gasteiger charge is 2.38. The molecule has 0 amide bonds. The molecular weight excluding hydrogens is 418 g/mol. The van der Waals surface area contributed by atoms with Gasteiger partial charge in [0.05, 0.1) is 22.2 Å². The van der Waals surface area contributed by atoms with Crippen LogP contribution in [0.5, 0.6) is 0 Å². The summed E-state index contributed by atoms with van der Waals surface area (Å²) in [4.78, 5) is 4.95. The van der Waals surface area contributed by atoms with Crippen molar-refractivity contribution < 1.29 is 13.2 Å². The summed E-state index contributed by atoms with van der Waals surface area (Å²) < 4.78 is 34.1. The van der Waals surface area contributed by atoms with Crippen LogP contribution in [0.1, 0.15) is 23.4 Å². The summed E-state index contributed by atoms with van der Waals surface area (Å²) in [5.41, 5.74) is 1.82. The average molecular weight is 440 g/mol. The van der Waals surface area contributed by atoms with Crippen molar-refractivity contribution in [1.82, 2.24) is 9.71 Å². The van der Waals surface area contributed by atoms with Gasteiger partial charge in [0.15, 0.2) is 0 Å². The maximum absolute atomic E-state index is 12.9. The summed E-state index contributed by atoms with van der Waals surface area (Å²) in [6, 6.07) is 18.0. The molecule has 0 bridgehead atoms. The average Bonchev–Trinajstić information content (AvgIpc) is 3.30. The molecular formula is C22H21N3O3S2. The Morgan fingerprint density at radius 1 is 1.13 bits per heavy atom. The summed E-state index contributed by atoms with van der Waals surface area (Å²) in [5.74, 6) is 0. The van der Waals surface area contributed by atoms with Crippen molar-refractivity contribution in [2.24, 2.45) is 0 Å². The second-order valence-corrected chi connectivity index (χ2v) is 9.89. The Morgan fingerprint density at radius 2 is 1.90 bits per heavy atom. The van der Waals surface area contributed by atoms with Gasteiger partial charge in [0.25, 0.3) is 0 Å². The molecule has 0 radical (unpaired) electrons. The quantitative estimate of drug-likeness (QED) is 0.632. The van der Waals surface area contributed by atoms with Gasteiger partial charge in [0, 0.05) is 36.1 Å². The van der Waals surface area contributed by atoms with Gasteiger partial charge in [-0.3, -0.25) is 0 Å². The van der Waals surface area contributed by atoms with Crippen molar-refractivity contribution in [2.75, 3.05) is 19.8 Å². The van der Waals surface area contributed by atoms with E-state index in [1.54, 1.807) is 23.5 Å². The summed E-state index contributed by atoms with van der Waals surface area (Å²) in [5, 5.41) is 12.0. The Hall–Kier alpha value is -2.57. The first-order valence-corrected chi connectivity index (χ1v) is 12.0. The molecule has 1 fully saturated rings. The molecule has 1 saturated heterocycles. The van der Waals surface area contributed by atoms with Gasteiger partial charge in [0.2, 0.25) is 10.0 Å². The Balaban J connectivity index is 1.60. The highest BCUT2D eigenvalue weighted by atomic mass is 32.2. The van der Waals surface area contributed by atoms with Crippen LogP contribution in [0.25, 0.3) is 11.3 Å². The standard InChI is InChI=1S/C22H21N3O3S2/c23-14-17-5-4-8-19(13-17)30(26,27)24-16-22(9-11-28-12-10-22)21-25-20(15-29-21)18-6-2-1-3-7-18/h1-8,13,15,24H,9-12,16H2. The van der Waals surface area contributed by atoms with Gasteiger partial charge in [-0.1, -0.05) is 36.4 Å². The number of nitriles is 1. The van der Waals surface area contributed by atoms with Crippen LogP contribution >= 0.6 is 11.3 Å². The molecule has 0 saturated carbocycles. The first kappa shape index (κ1) is 20.7. The normalized spacial score (nSPS) is 16.1. The fraction of sp³-hybridized carbons (Fsp3) is 0.273. The van der Waals surface area contributed by atoms with E-state index in [1.807, 2.05) is 41.8 Å². The van der Waals surface area contributed by atoms with Crippen LogP contribution < -0.4 is 4.72 Å². The van der Waals surface area contributed by atoms with Crippen molar-refractivity contribution >= 4 is 21.4 Å². The van der Waals surface area contributed by atoms with Crippen LogP contribution in [0.4, 0.5) is 0 Å². The van der Waals surface area contributed by atoms with E-state index in [0.29, 0.717) is 31.6 Å². The molecule has 1 N–H and O–H groups in total. The van der Waals surface area contributed by atoms with Gasteiger partial charge in [-0.05, 0) is 31.0 Å². The minimum atomic E-state index is -3.75. The molecule has 154 valence electrons. The third-order valence-electron chi connectivity index (χ3n) is 5.35. The molecule has 1 aromatic heterocycles. The lowest BCUT2D eigenvalue weighted by Gasteiger charge is -2.35. The van der Waals surface area contributed by atoms with E-state index in [1.165, 1.54) is 12.1 Å². The molecule has 30 heavy (non-hydrogen) atoms. The number of ether oxygens (including phenoxy) is 1. The molecule has 0 unspecified atom stereocenters. The lowest BCUT2D eigenvalue weighted by Crippen LogP contribution is -2.44. The van der Waals surface area contributed by atoms with E-state index >= 15 is 0 Å². The maximum atomic E-state index is 12.9. The van der Waals surface area contributed by atoms with Crippen LogP contribution in [0.15, 0.2) is 64.9 Å². The predicted octanol–water partition coefficient (Wildman–Crippen LogP) is 3.71. The summed E-state index contributed by atoms with van der Waals surface area (Å²) in [6.45, 7) is 1.36. The van der Waals surface area contributed by atoms with Crippen molar-refractivity contribution in [3.63, 3.8) is 0 Å². The maximum Gasteiger partial charge on any atom is 0.240 e. The lowest BCUT2D eigenvalue weighted by atomic mass is 9.81. The highest BCUT2D eigenvalue weighted by molar-refractivity contribution is 7.89. The molecule has 2 heterocycles. The zero-order valence-electron chi connectivity index (χ0n) is 16.2. The Bertz CT molecular complexity index is 1160. The fourth-order valence-corrected chi connectivity index (χ4v) is 5.80. The molecule has 0 aliphatic carbocycles. The number of sulfonamides is 1. The zero-order chi connectivity index (χ0) is 21.0. The topological polar surface area (TPSA) is 92.1 Å². The van der Waals surface area contributed by atoms with Crippen LogP contribution in [0.3, 0.4) is 0 Å². The van der Waals surface area contributed by atoms with E-state index in [-0.39, 0.29) is 11.4 Å². The largest absolute Gasteiger partial charge is 0.381 e. The molecule has 0 atom stereocenters. The van der Waals surface area contributed by atoms with E-state index in [2.05, 4.69) is 4.72 Å². The molecule has 4 rings (SSSR count). The second kappa shape index (κ2) is 8.66. The van der Waals surface area contributed by atoms with Gasteiger partial charge in [-0.15, -0.1) is 11.3 Å². The molecule has 0 spiro atoms. The fourth-order valence-electron chi connectivity index (χ4n) is 3.54. The number of nitrogens with zero attached hydrogens (tertiary/aromatic N) is 2. The third kappa shape index (κ3) is 4.30. The van der Waals surface area contributed by atoms with Crippen molar-refractivity contribution in [1.29, 1.82) is 5.26 Å². The smallest absolute Gasteiger partial charge is 0.240 e. The molecule has 1 aliphatic rings. The van der Waals surface area contributed by atoms with Gasteiger partial charge in [-0.2, -0.15) is 5.26 Å². The first-order chi connectivity index (χ1) is 14.5. The predicted molar refractivity (Wildman–Crippen MR) is 116 cm³/mol. The van der Waals surface area contributed by atoms with Gasteiger partial charge < -0.3 is 4.74 Å². The third-order valence-corrected chi connectivity index (χ3v) is 7.84. The molecule has 1 aliphatic heterocycles. The van der Waals surface area contributed by atoms with Crippen LogP contribution in [0, 0.1) is 11.3 Å². The number of hydrogen-bond donors (Lipinski definition) is 1. The van der Waals surface area contributed by atoms with E-state index in [9.17, 15) is 8.42 Å². The van der Waals surface area contributed by atoms with Gasteiger partial charge in [0.1, 0.15) is 5.01 Å². The molecule has 6 nitrogen and oxygen atoms in total. The number of aromatic nitrogens is 1. The van der Waals surface area contributed by atoms with Crippen molar-refractivity contribution in [3.8, 4) is 17.3 Å². The van der Waals surface area contributed by atoms with Crippen LogP contribution in [-0.4, -0.2) is 33.2 Å². The summed E-state index contributed by atoms with van der Waals surface area (Å²) in [6.07, 6.45) is 1.38. The lowest BCUT2D eigenvalue weighted by molar-refractivity contribution is 0.0516. The zero-order valence-corrected chi connectivity index (χ0v) is 17.9. The minimum absolute atomic E-state index is 0.0906. The summed E-state index contributed by atoms with van der Waals surface area (Å²) >= 11 is 1.56. The summed E-state index contributed by atoms with van der Waals surface area (Å²) in [7, 11) is -3.75. The van der Waals surface area contributed by atoms with Crippen LogP contribution in [-0.2, 0) is 20.2 Å².